The maximum Gasteiger partial charge on any atom is 0.317 e. The monoisotopic (exact) mass is 435 g/mol. The number of nitrogens with one attached hydrogen (secondary N) is 1. The first kappa shape index (κ1) is 17.1. The first-order valence-corrected chi connectivity index (χ1v) is 11.1. The predicted octanol–water partition coefficient (Wildman–Crippen LogP) is 2.98. The third-order valence-electron chi connectivity index (χ3n) is 6.78. The molecule has 0 amide bonds. The minimum absolute atomic E-state index is 0.0137. The van der Waals surface area contributed by atoms with Gasteiger partial charge in [0.05, 0.1) is 16.9 Å². The molecule has 3 fully saturated rings. The van der Waals surface area contributed by atoms with Gasteiger partial charge in [-0.05, 0) is 42.4 Å². The maximum atomic E-state index is 12.4. The molecule has 3 heterocycles. The van der Waals surface area contributed by atoms with Crippen LogP contribution in [0, 0.1) is 29.6 Å². The van der Waals surface area contributed by atoms with Crippen LogP contribution in [0.2, 0.25) is 5.02 Å². The molecule has 6 nitrogen and oxygen atoms in total. The van der Waals surface area contributed by atoms with E-state index in [2.05, 4.69) is 4.98 Å². The molecule has 0 unspecified atom stereocenters. The molecule has 1 aromatic heterocycles. The largest absolute Gasteiger partial charge is 0.508 e. The third-order valence-corrected chi connectivity index (χ3v) is 9.61. The van der Waals surface area contributed by atoms with E-state index in [0.29, 0.717) is 10.6 Å². The van der Waals surface area contributed by atoms with E-state index in [1.165, 1.54) is 0 Å². The third kappa shape index (κ3) is 2.08. The van der Waals surface area contributed by atoms with Crippen LogP contribution in [0.5, 0.6) is 5.75 Å². The van der Waals surface area contributed by atoms with Crippen molar-refractivity contribution in [1.82, 2.24) is 4.98 Å². The van der Waals surface area contributed by atoms with Crippen molar-refractivity contribution >= 4 is 46.6 Å². The van der Waals surface area contributed by atoms with Gasteiger partial charge in [-0.15, -0.1) is 11.8 Å². The van der Waals surface area contributed by atoms with Crippen LogP contribution in [0.15, 0.2) is 28.0 Å². The number of ether oxygens (including phenoxy) is 1. The van der Waals surface area contributed by atoms with E-state index < -0.39 is 17.9 Å². The number of esters is 2. The van der Waals surface area contributed by atoms with E-state index in [4.69, 9.17) is 16.3 Å². The number of aromatic nitrogens is 1. The van der Waals surface area contributed by atoms with Crippen LogP contribution in [-0.2, 0) is 14.3 Å². The van der Waals surface area contributed by atoms with Crippen molar-refractivity contribution in [1.29, 1.82) is 0 Å². The number of cyclic esters (lactones) is 2. The Labute approximate surface area is 172 Å². The Morgan fingerprint density at radius 3 is 2.68 bits per heavy atom. The Balaban J connectivity index is 1.55. The SMILES string of the molecule is O=C1OC(=O)[C@@H]2[C@H]3C[C@H]([C@@H]12)[C@@H]1[C@@H](c2cc(Cl)ccc2O)c2sc(=O)[nH]c2S[C@@H]31. The van der Waals surface area contributed by atoms with E-state index in [1.807, 2.05) is 0 Å². The highest BCUT2D eigenvalue weighted by atomic mass is 35.5. The zero-order chi connectivity index (χ0) is 19.3. The lowest BCUT2D eigenvalue weighted by atomic mass is 9.68. The van der Waals surface area contributed by atoms with Crippen LogP contribution in [0.25, 0.3) is 0 Å². The van der Waals surface area contributed by atoms with Crippen molar-refractivity contribution < 1.29 is 19.4 Å². The summed E-state index contributed by atoms with van der Waals surface area (Å²) in [6, 6.07) is 4.93. The van der Waals surface area contributed by atoms with Gasteiger partial charge in [0.1, 0.15) is 5.75 Å². The van der Waals surface area contributed by atoms with Crippen molar-refractivity contribution in [3.8, 4) is 5.75 Å². The zero-order valence-electron chi connectivity index (χ0n) is 14.3. The number of thioether (sulfide) groups is 1. The summed E-state index contributed by atoms with van der Waals surface area (Å²) >= 11 is 8.96. The number of halogens is 1. The normalized spacial score (nSPS) is 37.5. The number of carbonyl (C=O) groups is 2. The number of benzene rings is 1. The second-order valence-electron chi connectivity index (χ2n) is 7.90. The van der Waals surface area contributed by atoms with Gasteiger partial charge in [0.25, 0.3) is 0 Å². The molecule has 7 atom stereocenters. The summed E-state index contributed by atoms with van der Waals surface area (Å²) in [5.74, 6) is -1.71. The molecule has 2 saturated carbocycles. The fourth-order valence-electron chi connectivity index (χ4n) is 5.94. The summed E-state index contributed by atoms with van der Waals surface area (Å²) in [6.45, 7) is 0. The fourth-order valence-corrected chi connectivity index (χ4v) is 9.00. The lowest BCUT2D eigenvalue weighted by molar-refractivity contribution is -0.154. The van der Waals surface area contributed by atoms with Crippen LogP contribution in [0.4, 0.5) is 0 Å². The molecule has 4 aliphatic rings. The minimum Gasteiger partial charge on any atom is -0.508 e. The Hall–Kier alpha value is -1.77. The molecule has 28 heavy (non-hydrogen) atoms. The van der Waals surface area contributed by atoms with E-state index in [1.54, 1.807) is 30.0 Å². The molecule has 2 bridgehead atoms. The van der Waals surface area contributed by atoms with Crippen LogP contribution in [-0.4, -0.2) is 27.3 Å². The first-order chi connectivity index (χ1) is 13.4. The van der Waals surface area contributed by atoms with Gasteiger partial charge in [-0.2, -0.15) is 0 Å². The topological polar surface area (TPSA) is 96.5 Å². The van der Waals surface area contributed by atoms with Gasteiger partial charge in [-0.1, -0.05) is 22.9 Å². The molecule has 2 aromatic rings. The van der Waals surface area contributed by atoms with Gasteiger partial charge >= 0.3 is 16.8 Å². The predicted molar refractivity (Wildman–Crippen MR) is 103 cm³/mol. The first-order valence-electron chi connectivity index (χ1n) is 9.07. The van der Waals surface area contributed by atoms with Crippen LogP contribution in [0.1, 0.15) is 22.8 Å². The summed E-state index contributed by atoms with van der Waals surface area (Å²) in [5, 5.41) is 12.0. The molecule has 1 saturated heterocycles. The second-order valence-corrected chi connectivity index (χ2v) is 10.5. The molecule has 2 N–H and O–H groups in total. The summed E-state index contributed by atoms with van der Waals surface area (Å²) in [6.07, 6.45) is 0.787. The Morgan fingerprint density at radius 2 is 1.89 bits per heavy atom. The summed E-state index contributed by atoms with van der Waals surface area (Å²) in [5.41, 5.74) is 0.668. The molecular weight excluding hydrogens is 422 g/mol. The minimum atomic E-state index is -0.423. The van der Waals surface area contributed by atoms with Crippen molar-refractivity contribution in [2.45, 2.75) is 22.6 Å². The molecule has 9 heteroatoms. The highest BCUT2D eigenvalue weighted by Gasteiger charge is 2.69. The van der Waals surface area contributed by atoms with Gasteiger partial charge in [0, 0.05) is 26.6 Å². The molecule has 6 rings (SSSR count). The molecular formula is C19H14ClNO5S2. The molecule has 2 aliphatic heterocycles. The van der Waals surface area contributed by atoms with Crippen molar-refractivity contribution in [3.05, 3.63) is 43.3 Å². The van der Waals surface area contributed by atoms with E-state index in [-0.39, 0.29) is 45.5 Å². The number of phenols is 1. The quantitative estimate of drug-likeness (QED) is 0.528. The van der Waals surface area contributed by atoms with Crippen molar-refractivity contribution in [2.75, 3.05) is 0 Å². The number of phenolic OH excluding ortho intramolecular Hbond substituents is 1. The van der Waals surface area contributed by atoms with E-state index in [9.17, 15) is 19.5 Å². The lowest BCUT2D eigenvalue weighted by Crippen LogP contribution is -2.42. The Bertz CT molecular complexity index is 1110. The van der Waals surface area contributed by atoms with Crippen molar-refractivity contribution in [3.63, 3.8) is 0 Å². The van der Waals surface area contributed by atoms with Crippen LogP contribution < -0.4 is 4.87 Å². The average molecular weight is 436 g/mol. The standard InChI is InChI=1S/C19H14ClNO5S2/c20-5-1-2-9(22)6(3-5)10-11-7-4-8(13-12(7)17(23)26-18(13)24)14(11)27-16-15(10)28-19(25)21-16/h1-3,7-8,10-14,22H,4H2,(H,21,25)/t7-,8+,10+,11+,12+,13+,14-/m0/s1. The number of aromatic hydroxyl groups is 1. The number of H-pyrrole nitrogens is 1. The fraction of sp³-hybridized carbons (Fsp3) is 0.421. The summed E-state index contributed by atoms with van der Waals surface area (Å²) < 4.78 is 4.96. The van der Waals surface area contributed by atoms with Gasteiger partial charge in [0.2, 0.25) is 0 Å². The van der Waals surface area contributed by atoms with E-state index >= 15 is 0 Å². The van der Waals surface area contributed by atoms with Crippen LogP contribution in [0.3, 0.4) is 0 Å². The number of fused-ring (bicyclic) bond motifs is 9. The Morgan fingerprint density at radius 1 is 1.14 bits per heavy atom. The maximum absolute atomic E-state index is 12.4. The number of rotatable bonds is 1. The average Bonchev–Trinajstić information content (AvgIpc) is 3.36. The highest BCUT2D eigenvalue weighted by molar-refractivity contribution is 8.00. The number of carbonyl (C=O) groups excluding carboxylic acids is 2. The highest BCUT2D eigenvalue weighted by Crippen LogP contribution is 2.68. The second kappa shape index (κ2) is 5.64. The number of thiazole rings is 1. The molecule has 0 spiro atoms. The molecule has 144 valence electrons. The smallest absolute Gasteiger partial charge is 0.317 e. The number of hydrogen-bond donors (Lipinski definition) is 2. The molecule has 2 aliphatic carbocycles. The summed E-state index contributed by atoms with van der Waals surface area (Å²) in [7, 11) is 0. The van der Waals surface area contributed by atoms with Crippen LogP contribution >= 0.6 is 34.7 Å². The molecule has 1 aromatic carbocycles. The number of aromatic amines is 1. The lowest BCUT2D eigenvalue weighted by Gasteiger charge is -2.42. The Kier molecular flexibility index (Phi) is 3.45. The number of hydrogen-bond acceptors (Lipinski definition) is 7. The van der Waals surface area contributed by atoms with Gasteiger partial charge in [-0.3, -0.25) is 14.4 Å². The van der Waals surface area contributed by atoms with Gasteiger partial charge in [-0.25, -0.2) is 0 Å². The molecule has 0 radical (unpaired) electrons. The van der Waals surface area contributed by atoms with Gasteiger partial charge in [0.15, 0.2) is 0 Å². The van der Waals surface area contributed by atoms with Gasteiger partial charge < -0.3 is 14.8 Å². The van der Waals surface area contributed by atoms with E-state index in [0.717, 1.165) is 27.7 Å². The zero-order valence-corrected chi connectivity index (χ0v) is 16.6. The summed E-state index contributed by atoms with van der Waals surface area (Å²) in [4.78, 5) is 40.4. The van der Waals surface area contributed by atoms with Crippen molar-refractivity contribution in [2.24, 2.45) is 29.6 Å².